The van der Waals surface area contributed by atoms with Crippen molar-refractivity contribution in [2.75, 3.05) is 25.3 Å². The maximum Gasteiger partial charge on any atom is 0.342 e. The van der Waals surface area contributed by atoms with Crippen LogP contribution in [0.2, 0.25) is 0 Å². The summed E-state index contributed by atoms with van der Waals surface area (Å²) in [5.74, 6) is 0.534. The Hall–Kier alpha value is -2.88. The Balaban J connectivity index is 1.69. The van der Waals surface area contributed by atoms with E-state index >= 15 is 0 Å². The Kier molecular flexibility index (Phi) is 6.86. The minimum absolute atomic E-state index is 0.104. The fraction of sp³-hybridized carbons (Fsp3) is 0.294. The van der Waals surface area contributed by atoms with Gasteiger partial charge < -0.3 is 19.8 Å². The van der Waals surface area contributed by atoms with Gasteiger partial charge >= 0.3 is 7.52 Å². The van der Waals surface area contributed by atoms with Crippen molar-refractivity contribution >= 4 is 25.3 Å². The number of benzene rings is 1. The van der Waals surface area contributed by atoms with Gasteiger partial charge in [-0.15, -0.1) is 0 Å². The number of carbonyl (C=O) groups is 1. The first-order valence-corrected chi connectivity index (χ1v) is 10.5. The van der Waals surface area contributed by atoms with E-state index in [2.05, 4.69) is 20.2 Å². The number of ether oxygens (including phenoxy) is 1. The number of carbonyl (C=O) groups excluding carboxylic acids is 1. The van der Waals surface area contributed by atoms with Gasteiger partial charge in [-0.1, -0.05) is 18.2 Å². The van der Waals surface area contributed by atoms with Crippen LogP contribution in [0.15, 0.2) is 42.9 Å². The number of nitrogens with one attached hydrogen (secondary N) is 1. The van der Waals surface area contributed by atoms with Crippen molar-refractivity contribution < 1.29 is 23.0 Å². The van der Waals surface area contributed by atoms with E-state index in [1.165, 1.54) is 17.0 Å². The van der Waals surface area contributed by atoms with Crippen LogP contribution < -0.4 is 15.3 Å². The normalized spacial score (nSPS) is 14.4. The number of alkyl halides is 1. The molecule has 0 aliphatic rings. The Bertz CT molecular complexity index is 1000. The lowest BCUT2D eigenvalue weighted by Crippen LogP contribution is -2.25. The average molecular weight is 422 g/mol. The van der Waals surface area contributed by atoms with E-state index in [9.17, 15) is 13.8 Å². The van der Waals surface area contributed by atoms with Crippen molar-refractivity contribution in [1.82, 2.24) is 24.7 Å². The molecule has 0 bridgehead atoms. The SMILES string of the molecule is Nc1ncnn2c(CC(CF)OCP(=O)(NCC=O)Oc3ccccc3)cnc12. The number of anilines is 1. The number of aromatic nitrogens is 4. The zero-order chi connectivity index (χ0) is 20.7. The number of nitrogen functional groups attached to an aromatic ring is 1. The molecular formula is C17H20FN6O4P. The number of aldehydes is 1. The van der Waals surface area contributed by atoms with Gasteiger partial charge in [-0.3, -0.25) is 4.57 Å². The first-order chi connectivity index (χ1) is 14.0. The van der Waals surface area contributed by atoms with E-state index in [0.29, 0.717) is 23.4 Å². The summed E-state index contributed by atoms with van der Waals surface area (Å²) in [6.07, 6.45) is 2.06. The molecule has 154 valence electrons. The van der Waals surface area contributed by atoms with E-state index in [4.69, 9.17) is 15.0 Å². The summed E-state index contributed by atoms with van der Waals surface area (Å²) in [5.41, 5.74) is 6.64. The zero-order valence-electron chi connectivity index (χ0n) is 15.3. The van der Waals surface area contributed by atoms with Crippen LogP contribution in [0.1, 0.15) is 5.69 Å². The van der Waals surface area contributed by atoms with Crippen LogP contribution in [-0.4, -0.2) is 51.5 Å². The fourth-order valence-corrected chi connectivity index (χ4v) is 3.98. The number of nitrogens with zero attached hydrogens (tertiary/aromatic N) is 4. The molecule has 2 heterocycles. The summed E-state index contributed by atoms with van der Waals surface area (Å²) in [5, 5.41) is 6.58. The fourth-order valence-electron chi connectivity index (χ4n) is 2.55. The van der Waals surface area contributed by atoms with Gasteiger partial charge in [0, 0.05) is 6.42 Å². The number of para-hydroxylation sites is 1. The highest BCUT2D eigenvalue weighted by molar-refractivity contribution is 7.57. The number of hydrogen-bond acceptors (Lipinski definition) is 8. The second-order valence-corrected chi connectivity index (χ2v) is 8.12. The summed E-state index contributed by atoms with van der Waals surface area (Å²) in [6.45, 7) is -1.04. The molecule has 0 amide bonds. The highest BCUT2D eigenvalue weighted by Gasteiger charge is 2.27. The lowest BCUT2D eigenvalue weighted by atomic mass is 10.2. The second-order valence-electron chi connectivity index (χ2n) is 6.01. The van der Waals surface area contributed by atoms with Crippen LogP contribution in [0, 0.1) is 0 Å². The van der Waals surface area contributed by atoms with Gasteiger partial charge in [-0.25, -0.2) is 24.0 Å². The maximum absolute atomic E-state index is 13.6. The van der Waals surface area contributed by atoms with Crippen LogP contribution in [0.5, 0.6) is 5.75 Å². The van der Waals surface area contributed by atoms with Gasteiger partial charge in [0.05, 0.1) is 24.5 Å². The molecule has 0 saturated heterocycles. The third-order valence-corrected chi connectivity index (χ3v) is 5.56. The predicted molar refractivity (Wildman–Crippen MR) is 103 cm³/mol. The largest absolute Gasteiger partial charge is 0.431 e. The first kappa shape index (κ1) is 20.8. The molecule has 0 fully saturated rings. The summed E-state index contributed by atoms with van der Waals surface area (Å²) in [6, 6.07) is 8.43. The molecule has 3 rings (SSSR count). The van der Waals surface area contributed by atoms with Crippen molar-refractivity contribution in [1.29, 1.82) is 0 Å². The molecule has 29 heavy (non-hydrogen) atoms. The summed E-state index contributed by atoms with van der Waals surface area (Å²) >= 11 is 0. The molecule has 3 aromatic rings. The monoisotopic (exact) mass is 422 g/mol. The highest BCUT2D eigenvalue weighted by atomic mass is 31.2. The van der Waals surface area contributed by atoms with Gasteiger partial charge in [0.1, 0.15) is 31.4 Å². The number of imidazole rings is 1. The molecule has 0 saturated carbocycles. The Morgan fingerprint density at radius 1 is 1.31 bits per heavy atom. The van der Waals surface area contributed by atoms with Crippen molar-refractivity contribution in [3.63, 3.8) is 0 Å². The second kappa shape index (κ2) is 9.55. The average Bonchev–Trinajstić information content (AvgIpc) is 3.14. The lowest BCUT2D eigenvalue weighted by molar-refractivity contribution is -0.106. The van der Waals surface area contributed by atoms with Gasteiger partial charge in [-0.2, -0.15) is 5.10 Å². The molecule has 3 N–H and O–H groups in total. The third kappa shape index (κ3) is 5.35. The summed E-state index contributed by atoms with van der Waals surface area (Å²) in [7, 11) is -3.61. The van der Waals surface area contributed by atoms with Crippen LogP contribution in [0.4, 0.5) is 10.2 Å². The van der Waals surface area contributed by atoms with Crippen molar-refractivity contribution in [3.05, 3.63) is 48.5 Å². The molecule has 0 spiro atoms. The molecule has 10 nitrogen and oxygen atoms in total. The first-order valence-electron chi connectivity index (χ1n) is 8.68. The van der Waals surface area contributed by atoms with E-state index in [-0.39, 0.29) is 18.8 Å². The van der Waals surface area contributed by atoms with Crippen LogP contribution >= 0.6 is 7.52 Å². The van der Waals surface area contributed by atoms with Gasteiger partial charge in [0.25, 0.3) is 0 Å². The van der Waals surface area contributed by atoms with Crippen LogP contribution in [-0.2, 0) is 20.5 Å². The van der Waals surface area contributed by atoms with Crippen LogP contribution in [0.3, 0.4) is 0 Å². The molecular weight excluding hydrogens is 402 g/mol. The Morgan fingerprint density at radius 2 is 2.10 bits per heavy atom. The van der Waals surface area contributed by atoms with Crippen molar-refractivity contribution in [2.45, 2.75) is 12.5 Å². The van der Waals surface area contributed by atoms with Gasteiger partial charge in [0.2, 0.25) is 0 Å². The third-order valence-electron chi connectivity index (χ3n) is 3.90. The molecule has 1 aromatic carbocycles. The molecule has 12 heteroatoms. The highest BCUT2D eigenvalue weighted by Crippen LogP contribution is 2.43. The number of rotatable bonds is 11. The maximum atomic E-state index is 13.6. The predicted octanol–water partition coefficient (Wildman–Crippen LogP) is 1.62. The minimum Gasteiger partial charge on any atom is -0.431 e. The minimum atomic E-state index is -3.61. The smallest absolute Gasteiger partial charge is 0.342 e. The molecule has 0 radical (unpaired) electrons. The molecule has 0 aliphatic carbocycles. The van der Waals surface area contributed by atoms with Gasteiger partial charge in [0.15, 0.2) is 11.5 Å². The topological polar surface area (TPSA) is 134 Å². The van der Waals surface area contributed by atoms with Crippen molar-refractivity contribution in [2.24, 2.45) is 0 Å². The van der Waals surface area contributed by atoms with E-state index in [0.717, 1.165) is 0 Å². The van der Waals surface area contributed by atoms with E-state index in [1.807, 2.05) is 0 Å². The van der Waals surface area contributed by atoms with E-state index < -0.39 is 26.6 Å². The van der Waals surface area contributed by atoms with Crippen LogP contribution in [0.25, 0.3) is 5.65 Å². The number of halogens is 1. The van der Waals surface area contributed by atoms with Gasteiger partial charge in [-0.05, 0) is 12.1 Å². The van der Waals surface area contributed by atoms with Crippen molar-refractivity contribution in [3.8, 4) is 5.75 Å². The number of fused-ring (bicyclic) bond motifs is 1. The Morgan fingerprint density at radius 3 is 2.83 bits per heavy atom. The Labute approximate surface area is 165 Å². The zero-order valence-corrected chi connectivity index (χ0v) is 16.2. The standard InChI is InChI=1S/C17H20FN6O4P/c18-9-15(8-13-10-20-17-16(19)21-11-22-24(13)17)27-12-29(26,23-6-7-25)28-14-4-2-1-3-5-14/h1-5,7,10-11,15H,6,8-9,12H2,(H,23,26)(H2,19,21,22). The number of nitrogens with two attached hydrogens (primary N) is 1. The summed E-state index contributed by atoms with van der Waals surface area (Å²) in [4.78, 5) is 18.6. The summed E-state index contributed by atoms with van der Waals surface area (Å²) < 4.78 is 39.1. The number of hydrogen-bond donors (Lipinski definition) is 2. The quantitative estimate of drug-likeness (QED) is 0.349. The molecule has 0 aliphatic heterocycles. The molecule has 2 aromatic heterocycles. The lowest BCUT2D eigenvalue weighted by Gasteiger charge is -2.22. The van der Waals surface area contributed by atoms with E-state index in [1.54, 1.807) is 30.3 Å². The molecule has 2 atom stereocenters. The molecule has 2 unspecified atom stereocenters.